The van der Waals surface area contributed by atoms with Gasteiger partial charge in [0.25, 0.3) is 5.56 Å². The first-order valence-electron chi connectivity index (χ1n) is 9.45. The van der Waals surface area contributed by atoms with Crippen molar-refractivity contribution >= 4 is 16.7 Å². The Balaban J connectivity index is 1.50. The van der Waals surface area contributed by atoms with Crippen molar-refractivity contribution in [2.45, 2.75) is 39.3 Å². The third kappa shape index (κ3) is 3.45. The molecule has 3 aromatic rings. The summed E-state index contributed by atoms with van der Waals surface area (Å²) >= 11 is 0. The average Bonchev–Trinajstić information content (AvgIpc) is 3.39. The molecule has 1 saturated carbocycles. The Morgan fingerprint density at radius 3 is 2.78 bits per heavy atom. The molecule has 2 heterocycles. The monoisotopic (exact) mass is 365 g/mol. The van der Waals surface area contributed by atoms with Gasteiger partial charge in [0.05, 0.1) is 18.0 Å². The molecule has 0 aliphatic heterocycles. The number of Topliss-reactive ketones (excluding diaryl/α,β-unsaturated/α-hetero) is 1. The summed E-state index contributed by atoms with van der Waals surface area (Å²) in [5, 5.41) is 0.586. The van der Waals surface area contributed by atoms with Gasteiger partial charge in [-0.15, -0.1) is 0 Å². The maximum Gasteiger partial charge on any atom is 0.258 e. The van der Waals surface area contributed by atoms with Gasteiger partial charge >= 0.3 is 0 Å². The lowest BCUT2D eigenvalue weighted by atomic mass is 10.1. The first kappa shape index (κ1) is 17.7. The zero-order valence-corrected chi connectivity index (χ0v) is 16.0. The number of aromatic amines is 1. The fourth-order valence-electron chi connectivity index (χ4n) is 3.89. The fraction of sp³-hybridized carbons (Fsp3) is 0.381. The summed E-state index contributed by atoms with van der Waals surface area (Å²) in [4.78, 5) is 33.4. The highest BCUT2D eigenvalue weighted by Gasteiger charge is 2.29. The van der Waals surface area contributed by atoms with E-state index in [2.05, 4.69) is 21.5 Å². The van der Waals surface area contributed by atoms with Crippen LogP contribution in [-0.2, 0) is 6.54 Å². The molecule has 1 aliphatic rings. The quantitative estimate of drug-likeness (QED) is 0.652. The summed E-state index contributed by atoms with van der Waals surface area (Å²) in [6.07, 6.45) is 2.41. The summed E-state index contributed by atoms with van der Waals surface area (Å²) < 4.78 is 2.30. The highest BCUT2D eigenvalue weighted by Crippen LogP contribution is 2.38. The zero-order valence-electron chi connectivity index (χ0n) is 16.0. The van der Waals surface area contributed by atoms with Gasteiger partial charge in [-0.1, -0.05) is 12.1 Å². The molecule has 1 atom stereocenters. The SMILES string of the molecule is Cc1cc(C(=O)C[NH+](C)Cc2nc3ccccc3c(=O)[nH]2)c(C)n1C1CC1. The summed E-state index contributed by atoms with van der Waals surface area (Å²) in [6, 6.07) is 9.88. The first-order valence-corrected chi connectivity index (χ1v) is 9.45. The number of para-hydroxylation sites is 1. The van der Waals surface area contributed by atoms with Crippen LogP contribution in [0.1, 0.15) is 46.5 Å². The molecule has 2 aromatic heterocycles. The van der Waals surface area contributed by atoms with Crippen LogP contribution in [0.25, 0.3) is 10.9 Å². The molecule has 0 saturated heterocycles. The summed E-state index contributed by atoms with van der Waals surface area (Å²) in [7, 11) is 1.95. The van der Waals surface area contributed by atoms with Crippen molar-refractivity contribution in [1.29, 1.82) is 0 Å². The number of benzene rings is 1. The molecule has 0 bridgehead atoms. The van der Waals surface area contributed by atoms with Crippen molar-refractivity contribution in [3.63, 3.8) is 0 Å². The molecule has 140 valence electrons. The van der Waals surface area contributed by atoms with Gasteiger partial charge < -0.3 is 14.5 Å². The lowest BCUT2D eigenvalue weighted by Crippen LogP contribution is -3.08. The molecule has 2 N–H and O–H groups in total. The van der Waals surface area contributed by atoms with Crippen molar-refractivity contribution in [3.8, 4) is 0 Å². The lowest BCUT2D eigenvalue weighted by molar-refractivity contribution is -0.885. The molecule has 1 aromatic carbocycles. The van der Waals surface area contributed by atoms with Gasteiger partial charge in [-0.05, 0) is 44.9 Å². The number of quaternary nitrogens is 1. The van der Waals surface area contributed by atoms with Crippen LogP contribution in [0, 0.1) is 13.8 Å². The number of H-pyrrole nitrogens is 1. The molecule has 0 spiro atoms. The fourth-order valence-corrected chi connectivity index (χ4v) is 3.89. The van der Waals surface area contributed by atoms with Crippen LogP contribution < -0.4 is 10.5 Å². The van der Waals surface area contributed by atoms with Crippen LogP contribution in [0.3, 0.4) is 0 Å². The van der Waals surface area contributed by atoms with Gasteiger partial charge in [-0.2, -0.15) is 0 Å². The van der Waals surface area contributed by atoms with E-state index in [0.29, 0.717) is 35.9 Å². The minimum Gasteiger partial charge on any atom is -0.345 e. The maximum absolute atomic E-state index is 12.8. The van der Waals surface area contributed by atoms with E-state index in [1.54, 1.807) is 6.07 Å². The van der Waals surface area contributed by atoms with E-state index in [9.17, 15) is 9.59 Å². The Hall–Kier alpha value is -2.73. The predicted octanol–water partition coefficient (Wildman–Crippen LogP) is 1.57. The molecule has 1 fully saturated rings. The first-order chi connectivity index (χ1) is 12.9. The number of aryl methyl sites for hydroxylation is 1. The molecule has 0 radical (unpaired) electrons. The minimum absolute atomic E-state index is 0.135. The van der Waals surface area contributed by atoms with Crippen molar-refractivity contribution in [1.82, 2.24) is 14.5 Å². The van der Waals surface area contributed by atoms with Crippen molar-refractivity contribution in [3.05, 3.63) is 63.5 Å². The highest BCUT2D eigenvalue weighted by atomic mass is 16.1. The van der Waals surface area contributed by atoms with Crippen LogP contribution in [0.2, 0.25) is 0 Å². The average molecular weight is 365 g/mol. The molecule has 1 unspecified atom stereocenters. The number of hydrogen-bond donors (Lipinski definition) is 2. The number of fused-ring (bicyclic) bond motifs is 1. The van der Waals surface area contributed by atoms with Gasteiger partial charge in [-0.25, -0.2) is 4.98 Å². The molecule has 1 aliphatic carbocycles. The number of likely N-dealkylation sites (N-methyl/N-ethyl adjacent to an activating group) is 1. The normalized spacial score (nSPS) is 15.2. The van der Waals surface area contributed by atoms with Gasteiger partial charge in [0, 0.05) is 23.0 Å². The number of nitrogens with one attached hydrogen (secondary N) is 2. The van der Waals surface area contributed by atoms with Crippen molar-refractivity contribution in [2.75, 3.05) is 13.6 Å². The summed E-state index contributed by atoms with van der Waals surface area (Å²) in [5.41, 5.74) is 3.60. The molecule has 6 heteroatoms. The van der Waals surface area contributed by atoms with Gasteiger partial charge in [0.1, 0.15) is 13.1 Å². The van der Waals surface area contributed by atoms with Crippen LogP contribution in [0.4, 0.5) is 0 Å². The molecular weight excluding hydrogens is 340 g/mol. The Morgan fingerprint density at radius 1 is 1.30 bits per heavy atom. The van der Waals surface area contributed by atoms with Crippen LogP contribution in [0.5, 0.6) is 0 Å². The number of rotatable bonds is 6. The Kier molecular flexibility index (Phi) is 4.44. The van der Waals surface area contributed by atoms with Crippen molar-refractivity contribution in [2.24, 2.45) is 0 Å². The molecule has 6 nitrogen and oxygen atoms in total. The van der Waals surface area contributed by atoms with Gasteiger partial charge in [0.2, 0.25) is 5.78 Å². The zero-order chi connectivity index (χ0) is 19.1. The Labute approximate surface area is 157 Å². The van der Waals surface area contributed by atoms with E-state index in [4.69, 9.17) is 0 Å². The number of carbonyl (C=O) groups is 1. The number of carbonyl (C=O) groups excluding carboxylic acids is 1. The predicted molar refractivity (Wildman–Crippen MR) is 104 cm³/mol. The topological polar surface area (TPSA) is 72.2 Å². The Morgan fingerprint density at radius 2 is 2.04 bits per heavy atom. The second-order valence-electron chi connectivity index (χ2n) is 7.65. The third-order valence-corrected chi connectivity index (χ3v) is 5.29. The van der Waals surface area contributed by atoms with E-state index in [0.717, 1.165) is 21.9 Å². The number of aromatic nitrogens is 3. The van der Waals surface area contributed by atoms with E-state index < -0.39 is 0 Å². The number of nitrogens with zero attached hydrogens (tertiary/aromatic N) is 2. The molecular formula is C21H25N4O2+. The summed E-state index contributed by atoms with van der Waals surface area (Å²) in [5.74, 6) is 0.739. The maximum atomic E-state index is 12.8. The van der Waals surface area contributed by atoms with E-state index in [1.807, 2.05) is 38.2 Å². The smallest absolute Gasteiger partial charge is 0.258 e. The number of hydrogen-bond acceptors (Lipinski definition) is 3. The highest BCUT2D eigenvalue weighted by molar-refractivity contribution is 5.98. The second kappa shape index (κ2) is 6.78. The van der Waals surface area contributed by atoms with Crippen molar-refractivity contribution < 1.29 is 9.69 Å². The minimum atomic E-state index is -0.136. The standard InChI is InChI=1S/C21H24N4O2/c1-13-10-17(14(2)25(13)15-8-9-15)19(26)11-24(3)12-20-22-18-7-5-4-6-16(18)21(27)23-20/h4-7,10,15H,8-9,11-12H2,1-3H3,(H,22,23,27)/p+1. The molecule has 0 amide bonds. The van der Waals surface area contributed by atoms with E-state index >= 15 is 0 Å². The Bertz CT molecular complexity index is 1080. The van der Waals surface area contributed by atoms with E-state index in [-0.39, 0.29) is 11.3 Å². The second-order valence-corrected chi connectivity index (χ2v) is 7.65. The number of ketones is 1. The van der Waals surface area contributed by atoms with Crippen LogP contribution in [-0.4, -0.2) is 33.9 Å². The van der Waals surface area contributed by atoms with Gasteiger partial charge in [0.15, 0.2) is 5.82 Å². The van der Waals surface area contributed by atoms with Crippen LogP contribution >= 0.6 is 0 Å². The van der Waals surface area contributed by atoms with Crippen LogP contribution in [0.15, 0.2) is 35.1 Å². The molecule has 27 heavy (non-hydrogen) atoms. The lowest BCUT2D eigenvalue weighted by Gasteiger charge is -2.13. The third-order valence-electron chi connectivity index (χ3n) is 5.29. The summed E-state index contributed by atoms with van der Waals surface area (Å²) in [6.45, 7) is 4.97. The largest absolute Gasteiger partial charge is 0.345 e. The van der Waals surface area contributed by atoms with E-state index in [1.165, 1.54) is 12.8 Å². The molecule has 4 rings (SSSR count). The van der Waals surface area contributed by atoms with Gasteiger partial charge in [-0.3, -0.25) is 9.59 Å².